The van der Waals surface area contributed by atoms with E-state index in [-0.39, 0.29) is 10.8 Å². The van der Waals surface area contributed by atoms with E-state index in [0.29, 0.717) is 4.90 Å². The molecule has 0 aliphatic carbocycles. The predicted octanol–water partition coefficient (Wildman–Crippen LogP) is 2.79. The van der Waals surface area contributed by atoms with Crippen LogP contribution in [0.4, 0.5) is 5.69 Å². The van der Waals surface area contributed by atoms with Crippen molar-refractivity contribution in [1.82, 2.24) is 0 Å². The zero-order valence-electron chi connectivity index (χ0n) is 8.04. The molecule has 0 atom stereocenters. The van der Waals surface area contributed by atoms with Gasteiger partial charge in [-0.05, 0) is 36.9 Å². The van der Waals surface area contributed by atoms with Crippen LogP contribution in [0, 0.1) is 10.1 Å². The lowest BCUT2D eigenvalue weighted by molar-refractivity contribution is -0.384. The van der Waals surface area contributed by atoms with E-state index in [4.69, 9.17) is 0 Å². The average Bonchev–Trinajstić information content (AvgIpc) is 2.18. The standard InChI is InChI=1S/C10H9NO3S/c1-2-3-10(12)15-9-6-4-8(5-7-9)11(13)14/h2-7H,1H3/b3-2-. The van der Waals surface area contributed by atoms with Gasteiger partial charge in [-0.3, -0.25) is 14.9 Å². The van der Waals surface area contributed by atoms with E-state index in [1.165, 1.54) is 18.2 Å². The first-order valence-corrected chi connectivity index (χ1v) is 5.04. The quantitative estimate of drug-likeness (QED) is 0.342. The van der Waals surface area contributed by atoms with E-state index in [1.807, 2.05) is 0 Å². The number of benzene rings is 1. The molecule has 78 valence electrons. The number of non-ortho nitro benzene ring substituents is 1. The number of allylic oxidation sites excluding steroid dienone is 1. The summed E-state index contributed by atoms with van der Waals surface area (Å²) >= 11 is 1.04. The van der Waals surface area contributed by atoms with Crippen molar-refractivity contribution in [3.05, 3.63) is 46.5 Å². The molecule has 1 rings (SSSR count). The molecule has 0 radical (unpaired) electrons. The SMILES string of the molecule is C/C=C\C(=O)Sc1ccc([N+](=O)[O-])cc1. The molecular formula is C10H9NO3S. The number of nitrogens with zero attached hydrogens (tertiary/aromatic N) is 1. The van der Waals surface area contributed by atoms with Gasteiger partial charge < -0.3 is 0 Å². The summed E-state index contributed by atoms with van der Waals surface area (Å²) in [6, 6.07) is 5.88. The van der Waals surface area contributed by atoms with Gasteiger partial charge in [0.25, 0.3) is 5.69 Å². The van der Waals surface area contributed by atoms with Gasteiger partial charge in [0.2, 0.25) is 5.12 Å². The van der Waals surface area contributed by atoms with Gasteiger partial charge in [-0.2, -0.15) is 0 Å². The minimum Gasteiger partial charge on any atom is -0.282 e. The van der Waals surface area contributed by atoms with Crippen molar-refractivity contribution in [2.24, 2.45) is 0 Å². The van der Waals surface area contributed by atoms with E-state index in [2.05, 4.69) is 0 Å². The van der Waals surface area contributed by atoms with Crippen molar-refractivity contribution in [1.29, 1.82) is 0 Å². The molecule has 0 unspecified atom stereocenters. The first kappa shape index (κ1) is 11.5. The maximum atomic E-state index is 11.2. The van der Waals surface area contributed by atoms with Gasteiger partial charge in [-0.15, -0.1) is 0 Å². The Kier molecular flexibility index (Phi) is 4.05. The van der Waals surface area contributed by atoms with Gasteiger partial charge in [0.15, 0.2) is 0 Å². The highest BCUT2D eigenvalue weighted by molar-refractivity contribution is 8.14. The Morgan fingerprint density at radius 3 is 2.47 bits per heavy atom. The predicted molar refractivity (Wildman–Crippen MR) is 58.8 cm³/mol. The zero-order chi connectivity index (χ0) is 11.3. The summed E-state index contributed by atoms with van der Waals surface area (Å²) in [5, 5.41) is 10.3. The molecule has 0 spiro atoms. The first-order chi connectivity index (χ1) is 7.13. The Labute approximate surface area is 91.1 Å². The van der Waals surface area contributed by atoms with Crippen LogP contribution in [0.25, 0.3) is 0 Å². The third-order valence-electron chi connectivity index (χ3n) is 1.57. The molecule has 0 saturated heterocycles. The summed E-state index contributed by atoms with van der Waals surface area (Å²) in [5.41, 5.74) is 0.0258. The highest BCUT2D eigenvalue weighted by Crippen LogP contribution is 2.22. The molecule has 0 N–H and O–H groups in total. The van der Waals surface area contributed by atoms with Gasteiger partial charge in [0.05, 0.1) is 4.92 Å². The lowest BCUT2D eigenvalue weighted by Gasteiger charge is -1.96. The molecule has 4 nitrogen and oxygen atoms in total. The number of thioether (sulfide) groups is 1. The van der Waals surface area contributed by atoms with Gasteiger partial charge in [0.1, 0.15) is 0 Å². The lowest BCUT2D eigenvalue weighted by Crippen LogP contribution is -1.88. The highest BCUT2D eigenvalue weighted by Gasteiger charge is 2.05. The van der Waals surface area contributed by atoms with Gasteiger partial charge in [0, 0.05) is 17.0 Å². The monoisotopic (exact) mass is 223 g/mol. The Morgan fingerprint density at radius 1 is 1.40 bits per heavy atom. The van der Waals surface area contributed by atoms with Gasteiger partial charge in [-0.25, -0.2) is 0 Å². The number of rotatable bonds is 3. The van der Waals surface area contributed by atoms with Gasteiger partial charge >= 0.3 is 0 Å². The van der Waals surface area contributed by atoms with Crippen LogP contribution in [0.15, 0.2) is 41.3 Å². The normalized spacial score (nSPS) is 10.5. The Morgan fingerprint density at radius 2 is 2.00 bits per heavy atom. The molecule has 15 heavy (non-hydrogen) atoms. The minimum absolute atomic E-state index is 0.0258. The van der Waals surface area contributed by atoms with Crippen molar-refractivity contribution in [3.63, 3.8) is 0 Å². The molecule has 0 heterocycles. The first-order valence-electron chi connectivity index (χ1n) is 4.22. The third kappa shape index (κ3) is 3.55. The number of carbonyl (C=O) groups is 1. The lowest BCUT2D eigenvalue weighted by atomic mass is 10.3. The van der Waals surface area contributed by atoms with Crippen LogP contribution < -0.4 is 0 Å². The number of nitro groups is 1. The summed E-state index contributed by atoms with van der Waals surface area (Å²) in [4.78, 5) is 21.8. The summed E-state index contributed by atoms with van der Waals surface area (Å²) < 4.78 is 0. The maximum Gasteiger partial charge on any atom is 0.269 e. The van der Waals surface area contributed by atoms with Crippen LogP contribution in [0.2, 0.25) is 0 Å². The van der Waals surface area contributed by atoms with Gasteiger partial charge in [-0.1, -0.05) is 6.08 Å². The molecule has 0 fully saturated rings. The molecule has 0 amide bonds. The van der Waals surface area contributed by atoms with Crippen molar-refractivity contribution in [2.45, 2.75) is 11.8 Å². The summed E-state index contributed by atoms with van der Waals surface area (Å²) in [6.45, 7) is 1.76. The Hall–Kier alpha value is -1.62. The van der Waals surface area contributed by atoms with E-state index in [9.17, 15) is 14.9 Å². The fourth-order valence-corrected chi connectivity index (χ4v) is 1.63. The number of carbonyl (C=O) groups excluding carboxylic acids is 1. The van der Waals surface area contributed by atoms with E-state index in [1.54, 1.807) is 25.1 Å². The topological polar surface area (TPSA) is 60.2 Å². The van der Waals surface area contributed by atoms with Crippen molar-refractivity contribution in [3.8, 4) is 0 Å². The smallest absolute Gasteiger partial charge is 0.269 e. The minimum atomic E-state index is -0.470. The molecule has 1 aromatic carbocycles. The number of hydrogen-bond acceptors (Lipinski definition) is 4. The van der Waals surface area contributed by atoms with Crippen LogP contribution >= 0.6 is 11.8 Å². The highest BCUT2D eigenvalue weighted by atomic mass is 32.2. The van der Waals surface area contributed by atoms with Crippen LogP contribution in [-0.4, -0.2) is 10.0 Å². The second kappa shape index (κ2) is 5.31. The molecule has 0 aromatic heterocycles. The van der Waals surface area contributed by atoms with Crippen LogP contribution in [0.3, 0.4) is 0 Å². The third-order valence-corrected chi connectivity index (χ3v) is 2.41. The summed E-state index contributed by atoms with van der Waals surface area (Å²) in [5.74, 6) is 0. The fraction of sp³-hybridized carbons (Fsp3) is 0.100. The van der Waals surface area contributed by atoms with Crippen molar-refractivity contribution >= 4 is 22.6 Å². The molecule has 0 aliphatic heterocycles. The van der Waals surface area contributed by atoms with Crippen LogP contribution in [-0.2, 0) is 4.79 Å². The molecule has 0 saturated carbocycles. The molecule has 1 aromatic rings. The second-order valence-corrected chi connectivity index (χ2v) is 3.75. The van der Waals surface area contributed by atoms with Crippen LogP contribution in [0.5, 0.6) is 0 Å². The van der Waals surface area contributed by atoms with E-state index in [0.717, 1.165) is 11.8 Å². The van der Waals surface area contributed by atoms with E-state index >= 15 is 0 Å². The maximum absolute atomic E-state index is 11.2. The summed E-state index contributed by atoms with van der Waals surface area (Å²) in [6.07, 6.45) is 3.10. The largest absolute Gasteiger partial charge is 0.282 e. The summed E-state index contributed by atoms with van der Waals surface area (Å²) in [7, 11) is 0. The van der Waals surface area contributed by atoms with E-state index < -0.39 is 4.92 Å². The molecule has 0 bridgehead atoms. The second-order valence-electron chi connectivity index (χ2n) is 2.67. The Balaban J connectivity index is 2.72. The Bertz CT molecular complexity index is 398. The fourth-order valence-electron chi connectivity index (χ4n) is 0.922. The molecular weight excluding hydrogens is 214 g/mol. The number of hydrogen-bond donors (Lipinski definition) is 0. The number of nitro benzene ring substituents is 1. The van der Waals surface area contributed by atoms with Crippen molar-refractivity contribution in [2.75, 3.05) is 0 Å². The zero-order valence-corrected chi connectivity index (χ0v) is 8.86. The molecule has 5 heteroatoms. The average molecular weight is 223 g/mol. The van der Waals surface area contributed by atoms with Crippen LogP contribution in [0.1, 0.15) is 6.92 Å². The van der Waals surface area contributed by atoms with Crippen molar-refractivity contribution < 1.29 is 9.72 Å². The molecule has 0 aliphatic rings.